The van der Waals surface area contributed by atoms with Crippen molar-refractivity contribution in [3.63, 3.8) is 0 Å². The Hall–Kier alpha value is -3.38. The van der Waals surface area contributed by atoms with E-state index >= 15 is 0 Å². The summed E-state index contributed by atoms with van der Waals surface area (Å²) in [5, 5.41) is 5.18. The molecule has 0 heterocycles. The lowest BCUT2D eigenvalue weighted by Crippen LogP contribution is -1.89. The third-order valence-corrected chi connectivity index (χ3v) is 5.44. The number of aryl methyl sites for hydroxylation is 1. The Labute approximate surface area is 159 Å². The molecule has 0 nitrogen and oxygen atoms in total. The van der Waals surface area contributed by atoms with E-state index in [9.17, 15) is 0 Å². The Bertz CT molecular complexity index is 1270. The average molecular weight is 344 g/mol. The maximum atomic E-state index is 2.28. The van der Waals surface area contributed by atoms with Crippen molar-refractivity contribution in [1.82, 2.24) is 0 Å². The summed E-state index contributed by atoms with van der Waals surface area (Å²) in [5.74, 6) is 0. The maximum Gasteiger partial charge on any atom is -0.00987 e. The zero-order valence-corrected chi connectivity index (χ0v) is 15.3. The molecule has 5 rings (SSSR count). The molecule has 0 saturated carbocycles. The lowest BCUT2D eigenvalue weighted by atomic mass is 9.89. The summed E-state index contributed by atoms with van der Waals surface area (Å²) in [6, 6.07) is 37.1. The first-order valence-corrected chi connectivity index (χ1v) is 9.39. The fraction of sp³-hybridized carbons (Fsp3) is 0.0370. The van der Waals surface area contributed by atoms with Gasteiger partial charge < -0.3 is 0 Å². The molecule has 0 fully saturated rings. The second-order valence-electron chi connectivity index (χ2n) is 7.05. The zero-order valence-electron chi connectivity index (χ0n) is 15.3. The Morgan fingerprint density at radius 3 is 1.59 bits per heavy atom. The summed E-state index contributed by atoms with van der Waals surface area (Å²) in [7, 11) is 0. The predicted molar refractivity (Wildman–Crippen MR) is 117 cm³/mol. The van der Waals surface area contributed by atoms with E-state index in [2.05, 4.69) is 110 Å². The molecule has 0 N–H and O–H groups in total. The van der Waals surface area contributed by atoms with E-state index in [0.29, 0.717) is 0 Å². The SMILES string of the molecule is Cc1ccccc1-c1ccc(-c2cccc3ccccc23)c2ccccc12. The van der Waals surface area contributed by atoms with Crippen LogP contribution in [-0.4, -0.2) is 0 Å². The normalized spacial score (nSPS) is 11.1. The zero-order chi connectivity index (χ0) is 18.2. The minimum absolute atomic E-state index is 1.28. The smallest absolute Gasteiger partial charge is 0.00987 e. The molecule has 0 saturated heterocycles. The van der Waals surface area contributed by atoms with Gasteiger partial charge in [0.25, 0.3) is 0 Å². The van der Waals surface area contributed by atoms with Crippen molar-refractivity contribution in [2.24, 2.45) is 0 Å². The van der Waals surface area contributed by atoms with Gasteiger partial charge in [-0.3, -0.25) is 0 Å². The number of hydrogen-bond donors (Lipinski definition) is 0. The van der Waals surface area contributed by atoms with Gasteiger partial charge in [0.05, 0.1) is 0 Å². The molecule has 0 unspecified atom stereocenters. The summed E-state index contributed by atoms with van der Waals surface area (Å²) in [4.78, 5) is 0. The van der Waals surface area contributed by atoms with Gasteiger partial charge in [0.1, 0.15) is 0 Å². The second-order valence-corrected chi connectivity index (χ2v) is 7.05. The first-order chi connectivity index (χ1) is 13.3. The van der Waals surface area contributed by atoms with Gasteiger partial charge in [0.2, 0.25) is 0 Å². The molecule has 0 bridgehead atoms. The summed E-state index contributed by atoms with van der Waals surface area (Å²) < 4.78 is 0. The third kappa shape index (κ3) is 2.62. The van der Waals surface area contributed by atoms with Crippen LogP contribution in [0.2, 0.25) is 0 Å². The van der Waals surface area contributed by atoms with Crippen LogP contribution in [-0.2, 0) is 0 Å². The van der Waals surface area contributed by atoms with Gasteiger partial charge >= 0.3 is 0 Å². The van der Waals surface area contributed by atoms with Gasteiger partial charge in [-0.2, -0.15) is 0 Å². The molecule has 0 aliphatic rings. The number of hydrogen-bond acceptors (Lipinski definition) is 0. The van der Waals surface area contributed by atoms with Crippen molar-refractivity contribution in [3.05, 3.63) is 109 Å². The average Bonchev–Trinajstić information content (AvgIpc) is 2.73. The van der Waals surface area contributed by atoms with Gasteiger partial charge in [-0.15, -0.1) is 0 Å². The Morgan fingerprint density at radius 2 is 0.852 bits per heavy atom. The number of rotatable bonds is 2. The van der Waals surface area contributed by atoms with Crippen molar-refractivity contribution in [1.29, 1.82) is 0 Å². The van der Waals surface area contributed by atoms with Crippen LogP contribution in [0.1, 0.15) is 5.56 Å². The summed E-state index contributed by atoms with van der Waals surface area (Å²) >= 11 is 0. The molecule has 0 aromatic heterocycles. The van der Waals surface area contributed by atoms with Crippen LogP contribution in [0, 0.1) is 6.92 Å². The topological polar surface area (TPSA) is 0 Å². The van der Waals surface area contributed by atoms with Crippen molar-refractivity contribution >= 4 is 21.5 Å². The highest BCUT2D eigenvalue weighted by molar-refractivity contribution is 6.09. The fourth-order valence-corrected chi connectivity index (χ4v) is 4.10. The van der Waals surface area contributed by atoms with E-state index in [1.165, 1.54) is 49.4 Å². The van der Waals surface area contributed by atoms with E-state index in [0.717, 1.165) is 0 Å². The monoisotopic (exact) mass is 344 g/mol. The molecule has 0 amide bonds. The van der Waals surface area contributed by atoms with Crippen LogP contribution in [0.3, 0.4) is 0 Å². The first-order valence-electron chi connectivity index (χ1n) is 9.39. The molecule has 27 heavy (non-hydrogen) atoms. The molecule has 0 atom stereocenters. The van der Waals surface area contributed by atoms with Crippen molar-refractivity contribution in [3.8, 4) is 22.3 Å². The Balaban J connectivity index is 1.84. The van der Waals surface area contributed by atoms with Crippen molar-refractivity contribution in [2.45, 2.75) is 6.92 Å². The lowest BCUT2D eigenvalue weighted by Gasteiger charge is -2.15. The summed E-state index contributed by atoms with van der Waals surface area (Å²) in [6.07, 6.45) is 0. The van der Waals surface area contributed by atoms with Crippen LogP contribution < -0.4 is 0 Å². The van der Waals surface area contributed by atoms with Gasteiger partial charge in [0, 0.05) is 0 Å². The summed E-state index contributed by atoms with van der Waals surface area (Å²) in [6.45, 7) is 2.18. The fourth-order valence-electron chi connectivity index (χ4n) is 4.10. The van der Waals surface area contributed by atoms with Crippen LogP contribution in [0.4, 0.5) is 0 Å². The maximum absolute atomic E-state index is 2.28. The molecule has 0 heteroatoms. The molecule has 0 aliphatic carbocycles. The molecular weight excluding hydrogens is 324 g/mol. The van der Waals surface area contributed by atoms with Crippen LogP contribution in [0.15, 0.2) is 103 Å². The minimum Gasteiger partial charge on any atom is -0.0620 e. The molecule has 5 aromatic rings. The standard InChI is InChI=1S/C27H20/c1-19-9-2-4-12-21(19)26-17-18-27(25-15-7-6-14-24(25)26)23-16-8-11-20-10-3-5-13-22(20)23/h2-18H,1H3. The molecule has 0 aliphatic heterocycles. The highest BCUT2D eigenvalue weighted by Crippen LogP contribution is 2.38. The highest BCUT2D eigenvalue weighted by Gasteiger charge is 2.12. The van der Waals surface area contributed by atoms with Crippen LogP contribution >= 0.6 is 0 Å². The third-order valence-electron chi connectivity index (χ3n) is 5.44. The molecule has 0 radical (unpaired) electrons. The summed E-state index contributed by atoms with van der Waals surface area (Å²) in [5.41, 5.74) is 6.49. The Morgan fingerprint density at radius 1 is 0.370 bits per heavy atom. The molecule has 128 valence electrons. The van der Waals surface area contributed by atoms with E-state index in [1.807, 2.05) is 0 Å². The second kappa shape index (κ2) is 6.41. The van der Waals surface area contributed by atoms with Gasteiger partial charge in [-0.05, 0) is 56.3 Å². The molecule has 5 aromatic carbocycles. The molecule has 0 spiro atoms. The van der Waals surface area contributed by atoms with Gasteiger partial charge in [0.15, 0.2) is 0 Å². The van der Waals surface area contributed by atoms with Gasteiger partial charge in [-0.1, -0.05) is 103 Å². The van der Waals surface area contributed by atoms with E-state index in [1.54, 1.807) is 0 Å². The quantitative estimate of drug-likeness (QED) is 0.309. The van der Waals surface area contributed by atoms with Crippen molar-refractivity contribution < 1.29 is 0 Å². The van der Waals surface area contributed by atoms with E-state index < -0.39 is 0 Å². The minimum atomic E-state index is 1.28. The first kappa shape index (κ1) is 15.8. The number of benzene rings is 5. The molecular formula is C27H20. The van der Waals surface area contributed by atoms with Crippen LogP contribution in [0.25, 0.3) is 43.8 Å². The van der Waals surface area contributed by atoms with Crippen molar-refractivity contribution in [2.75, 3.05) is 0 Å². The van der Waals surface area contributed by atoms with Gasteiger partial charge in [-0.25, -0.2) is 0 Å². The largest absolute Gasteiger partial charge is 0.0620 e. The van der Waals surface area contributed by atoms with E-state index in [4.69, 9.17) is 0 Å². The lowest BCUT2D eigenvalue weighted by molar-refractivity contribution is 1.47. The highest BCUT2D eigenvalue weighted by atomic mass is 14.2. The number of fused-ring (bicyclic) bond motifs is 2. The predicted octanol–water partition coefficient (Wildman–Crippen LogP) is 7.64. The Kier molecular flexibility index (Phi) is 3.76. The van der Waals surface area contributed by atoms with E-state index in [-0.39, 0.29) is 0 Å². The van der Waals surface area contributed by atoms with Crippen LogP contribution in [0.5, 0.6) is 0 Å².